The molecule has 4 aromatic rings. The Labute approximate surface area is 267 Å². The molecule has 238 valence electrons. The summed E-state index contributed by atoms with van der Waals surface area (Å²) in [6.07, 6.45) is 7.56. The lowest BCUT2D eigenvalue weighted by molar-refractivity contribution is -0.111. The van der Waals surface area contributed by atoms with E-state index in [2.05, 4.69) is 39.7 Å². The van der Waals surface area contributed by atoms with Gasteiger partial charge in [-0.15, -0.1) is 10.2 Å². The molecule has 11 nitrogen and oxygen atoms in total. The van der Waals surface area contributed by atoms with Crippen LogP contribution in [0.15, 0.2) is 72.9 Å². The number of hydrogen-bond acceptors (Lipinski definition) is 7. The predicted octanol–water partition coefficient (Wildman–Crippen LogP) is 4.97. The molecule has 3 amide bonds. The van der Waals surface area contributed by atoms with Gasteiger partial charge in [0.15, 0.2) is 17.8 Å². The summed E-state index contributed by atoms with van der Waals surface area (Å²) in [5, 5.41) is 14.6. The maximum Gasteiger partial charge on any atom is 0.320 e. The number of likely N-dealkylation sites (tertiary alicyclic amines) is 1. The number of pyridine rings is 1. The number of benzene rings is 2. The molecule has 4 N–H and O–H groups in total. The number of aromatic nitrogens is 3. The summed E-state index contributed by atoms with van der Waals surface area (Å²) in [5.74, 6) is 0.864. The lowest BCUT2D eigenvalue weighted by Crippen LogP contribution is -2.49. The van der Waals surface area contributed by atoms with Crippen LogP contribution in [0.3, 0.4) is 0 Å². The molecule has 1 saturated heterocycles. The monoisotopic (exact) mass is 621 g/mol. The summed E-state index contributed by atoms with van der Waals surface area (Å²) in [7, 11) is 2.10. The minimum absolute atomic E-state index is 0.235. The van der Waals surface area contributed by atoms with Crippen LogP contribution in [0.4, 0.5) is 10.5 Å². The van der Waals surface area contributed by atoms with Crippen molar-refractivity contribution in [3.05, 3.63) is 101 Å². The summed E-state index contributed by atoms with van der Waals surface area (Å²) in [6.45, 7) is 9.17. The molecule has 3 heterocycles. The lowest BCUT2D eigenvalue weighted by atomic mass is 9.81. The Morgan fingerprint density at radius 2 is 1.89 bits per heavy atom. The van der Waals surface area contributed by atoms with E-state index in [0.29, 0.717) is 23.3 Å². The third-order valence-electron chi connectivity index (χ3n) is 9.21. The fourth-order valence-corrected chi connectivity index (χ4v) is 6.36. The number of nitrogens with two attached hydrogens (primary N) is 1. The van der Waals surface area contributed by atoms with E-state index >= 15 is 0 Å². The number of amides is 3. The number of urea groups is 1. The SMILES string of the molecule is CN1CCC[C@@]1(C)c1nnc2ccc(O[C@@H]3C=C[C@](C=O)(NC(=O)Nc4cc(C(N)=O)cc(C(C)(C)C)c4)c4ccccc43)cn12. The first-order chi connectivity index (χ1) is 21.8. The van der Waals surface area contributed by atoms with Gasteiger partial charge in [0.05, 0.1) is 11.7 Å². The summed E-state index contributed by atoms with van der Waals surface area (Å²) in [4.78, 5) is 40.4. The van der Waals surface area contributed by atoms with Crippen molar-refractivity contribution in [2.24, 2.45) is 5.73 Å². The maximum absolute atomic E-state index is 13.4. The first-order valence-electron chi connectivity index (χ1n) is 15.4. The molecule has 1 aliphatic heterocycles. The molecule has 0 spiro atoms. The van der Waals surface area contributed by atoms with E-state index in [-0.39, 0.29) is 16.5 Å². The van der Waals surface area contributed by atoms with Crippen LogP contribution in [0.25, 0.3) is 5.65 Å². The van der Waals surface area contributed by atoms with Gasteiger partial charge in [0, 0.05) is 16.8 Å². The summed E-state index contributed by atoms with van der Waals surface area (Å²) in [6, 6.07) is 15.5. The van der Waals surface area contributed by atoms with Crippen LogP contribution in [0.5, 0.6) is 5.75 Å². The minimum Gasteiger partial charge on any atom is -0.480 e. The van der Waals surface area contributed by atoms with Gasteiger partial charge in [-0.2, -0.15) is 0 Å². The average molecular weight is 622 g/mol. The van der Waals surface area contributed by atoms with Gasteiger partial charge < -0.3 is 21.1 Å². The van der Waals surface area contributed by atoms with Gasteiger partial charge in [-0.1, -0.05) is 45.0 Å². The van der Waals surface area contributed by atoms with E-state index in [9.17, 15) is 14.4 Å². The van der Waals surface area contributed by atoms with Crippen molar-refractivity contribution in [3.8, 4) is 5.75 Å². The van der Waals surface area contributed by atoms with Crippen molar-refractivity contribution in [2.45, 2.75) is 63.1 Å². The number of ether oxygens (including phenoxy) is 1. The Bertz CT molecular complexity index is 1880. The number of nitrogens with one attached hydrogen (secondary N) is 2. The zero-order chi connectivity index (χ0) is 32.9. The number of anilines is 1. The summed E-state index contributed by atoms with van der Waals surface area (Å²) in [5.41, 5.74) is 7.11. The number of fused-ring (bicyclic) bond motifs is 2. The van der Waals surface area contributed by atoms with Gasteiger partial charge in [0.25, 0.3) is 0 Å². The number of primary amides is 1. The molecule has 2 aromatic carbocycles. The van der Waals surface area contributed by atoms with E-state index in [1.807, 2.05) is 61.7 Å². The Balaban J connectivity index is 1.27. The molecule has 2 aromatic heterocycles. The van der Waals surface area contributed by atoms with Crippen molar-refractivity contribution >= 4 is 29.6 Å². The second-order valence-corrected chi connectivity index (χ2v) is 13.4. The predicted molar refractivity (Wildman–Crippen MR) is 175 cm³/mol. The summed E-state index contributed by atoms with van der Waals surface area (Å²) < 4.78 is 8.47. The van der Waals surface area contributed by atoms with Gasteiger partial charge in [0.1, 0.15) is 17.4 Å². The quantitative estimate of drug-likeness (QED) is 0.195. The topological polar surface area (TPSA) is 144 Å². The third-order valence-corrected chi connectivity index (χ3v) is 9.21. The lowest BCUT2D eigenvalue weighted by Gasteiger charge is -2.34. The van der Waals surface area contributed by atoms with E-state index in [1.54, 1.807) is 30.4 Å². The largest absolute Gasteiger partial charge is 0.480 e. The van der Waals surface area contributed by atoms with E-state index in [1.165, 1.54) is 6.07 Å². The molecule has 46 heavy (non-hydrogen) atoms. The van der Waals surface area contributed by atoms with E-state index in [4.69, 9.17) is 10.5 Å². The number of carbonyl (C=O) groups is 3. The highest BCUT2D eigenvalue weighted by molar-refractivity contribution is 5.97. The van der Waals surface area contributed by atoms with Crippen LogP contribution < -0.4 is 21.1 Å². The third kappa shape index (κ3) is 5.51. The highest BCUT2D eigenvalue weighted by atomic mass is 16.5. The molecular formula is C35H39N7O4. The average Bonchev–Trinajstić information content (AvgIpc) is 3.60. The second-order valence-electron chi connectivity index (χ2n) is 13.4. The molecule has 1 aliphatic carbocycles. The Morgan fingerprint density at radius 1 is 1.11 bits per heavy atom. The molecule has 6 rings (SSSR count). The number of rotatable bonds is 7. The first kappa shape index (κ1) is 31.0. The molecule has 11 heteroatoms. The fourth-order valence-electron chi connectivity index (χ4n) is 6.36. The van der Waals surface area contributed by atoms with Gasteiger partial charge in [-0.25, -0.2) is 4.79 Å². The van der Waals surface area contributed by atoms with Crippen LogP contribution in [-0.4, -0.2) is 51.3 Å². The van der Waals surface area contributed by atoms with E-state index < -0.39 is 23.6 Å². The highest BCUT2D eigenvalue weighted by Gasteiger charge is 2.40. The zero-order valence-corrected chi connectivity index (χ0v) is 26.7. The Hall–Kier alpha value is -5.03. The number of nitrogens with zero attached hydrogens (tertiary/aromatic N) is 4. The molecule has 0 saturated carbocycles. The van der Waals surface area contributed by atoms with Crippen LogP contribution in [-0.2, 0) is 21.3 Å². The Morgan fingerprint density at radius 3 is 2.59 bits per heavy atom. The normalized spacial score (nSPS) is 22.8. The van der Waals surface area contributed by atoms with E-state index in [0.717, 1.165) is 42.0 Å². The Kier molecular flexibility index (Phi) is 7.68. The van der Waals surface area contributed by atoms with Gasteiger partial charge in [-0.3, -0.25) is 18.9 Å². The number of hydrogen-bond donors (Lipinski definition) is 3. The summed E-state index contributed by atoms with van der Waals surface area (Å²) >= 11 is 0. The molecular weight excluding hydrogens is 582 g/mol. The van der Waals surface area contributed by atoms with Crippen molar-refractivity contribution in [1.82, 2.24) is 24.8 Å². The van der Waals surface area contributed by atoms with Gasteiger partial charge >= 0.3 is 6.03 Å². The molecule has 3 atom stereocenters. The van der Waals surface area contributed by atoms with Crippen LogP contribution >= 0.6 is 0 Å². The highest BCUT2D eigenvalue weighted by Crippen LogP contribution is 2.39. The van der Waals surface area contributed by atoms with Crippen molar-refractivity contribution in [2.75, 3.05) is 18.9 Å². The molecule has 0 unspecified atom stereocenters. The van der Waals surface area contributed by atoms with Crippen LogP contribution in [0.2, 0.25) is 0 Å². The standard InChI is InChI=1S/C35H39N7O4/c1-33(2,3)23-17-22(30(36)44)18-24(19-23)37-32(45)38-35(21-43)15-13-28(26-9-6-7-10-27(26)35)46-25-11-12-29-39-40-31(42(29)20-25)34(4)14-8-16-41(34)5/h6-7,9-13,15,17-21,28H,8,14,16H2,1-5H3,(H2,36,44)(H2,37,38,45)/t28-,34+,35-/m1/s1. The van der Waals surface area contributed by atoms with Gasteiger partial charge in [0.2, 0.25) is 5.91 Å². The zero-order valence-electron chi connectivity index (χ0n) is 26.7. The molecule has 2 aliphatic rings. The molecule has 0 radical (unpaired) electrons. The van der Waals surface area contributed by atoms with Crippen molar-refractivity contribution in [1.29, 1.82) is 0 Å². The number of aldehydes is 1. The van der Waals surface area contributed by atoms with Crippen LogP contribution in [0.1, 0.15) is 79.5 Å². The molecule has 1 fully saturated rings. The number of carbonyl (C=O) groups excluding carboxylic acids is 3. The fraction of sp³-hybridized carbons (Fsp3) is 0.343. The maximum atomic E-state index is 13.4. The second kappa shape index (κ2) is 11.4. The van der Waals surface area contributed by atoms with Crippen molar-refractivity contribution < 1.29 is 19.1 Å². The first-order valence-corrected chi connectivity index (χ1v) is 15.4. The molecule has 0 bridgehead atoms. The minimum atomic E-state index is -1.46. The van der Waals surface area contributed by atoms with Crippen LogP contribution in [0, 0.1) is 0 Å². The smallest absolute Gasteiger partial charge is 0.320 e. The van der Waals surface area contributed by atoms with Crippen molar-refractivity contribution in [3.63, 3.8) is 0 Å². The van der Waals surface area contributed by atoms with Gasteiger partial charge in [-0.05, 0) is 92.4 Å².